The number of rotatable bonds is 0. The monoisotopic (exact) mass is 166 g/mol. The predicted molar refractivity (Wildman–Crippen MR) is 53.0 cm³/mol. The van der Waals surface area contributed by atoms with Crippen molar-refractivity contribution in [3.05, 3.63) is 0 Å². The molecule has 0 aliphatic heterocycles. The van der Waals surface area contributed by atoms with Gasteiger partial charge in [0.2, 0.25) is 0 Å². The molecule has 2 rings (SSSR count). The zero-order valence-electron chi connectivity index (χ0n) is 8.55. The van der Waals surface area contributed by atoms with E-state index in [1.807, 2.05) is 0 Å². The Bertz CT molecular complexity index is 150. The van der Waals surface area contributed by atoms with E-state index in [1.54, 1.807) is 12.8 Å². The van der Waals surface area contributed by atoms with E-state index in [0.29, 0.717) is 0 Å². The maximum absolute atomic E-state index is 2.48. The molecule has 0 heterocycles. The normalized spacial score (nSPS) is 48.5. The minimum atomic E-state index is 1.01. The van der Waals surface area contributed by atoms with Crippen molar-refractivity contribution in [3.8, 4) is 0 Å². The molecule has 4 unspecified atom stereocenters. The SMILES string of the molecule is CC1CC(C)C2CCCCC2C1. The Morgan fingerprint density at radius 2 is 1.67 bits per heavy atom. The van der Waals surface area contributed by atoms with Crippen molar-refractivity contribution in [2.45, 2.75) is 52.4 Å². The van der Waals surface area contributed by atoms with Crippen LogP contribution in [0.1, 0.15) is 52.4 Å². The highest BCUT2D eigenvalue weighted by atomic mass is 14.4. The van der Waals surface area contributed by atoms with E-state index >= 15 is 0 Å². The maximum Gasteiger partial charge on any atom is -0.0360 e. The summed E-state index contributed by atoms with van der Waals surface area (Å²) in [5.41, 5.74) is 0. The van der Waals surface area contributed by atoms with Crippen LogP contribution in [0.25, 0.3) is 0 Å². The van der Waals surface area contributed by atoms with Gasteiger partial charge >= 0.3 is 0 Å². The minimum Gasteiger partial charge on any atom is -0.0625 e. The highest BCUT2D eigenvalue weighted by Gasteiger charge is 2.34. The third kappa shape index (κ3) is 1.53. The third-order valence-electron chi connectivity index (χ3n) is 4.18. The van der Waals surface area contributed by atoms with Gasteiger partial charge in [0.25, 0.3) is 0 Å². The summed E-state index contributed by atoms with van der Waals surface area (Å²) in [6.45, 7) is 4.93. The first kappa shape index (κ1) is 8.59. The first-order valence-electron chi connectivity index (χ1n) is 5.77. The Morgan fingerprint density at radius 3 is 2.50 bits per heavy atom. The van der Waals surface area contributed by atoms with Crippen molar-refractivity contribution in [1.82, 2.24) is 0 Å². The van der Waals surface area contributed by atoms with Gasteiger partial charge in [-0.15, -0.1) is 0 Å². The lowest BCUT2D eigenvalue weighted by Crippen LogP contribution is -2.32. The van der Waals surface area contributed by atoms with E-state index in [0.717, 1.165) is 23.7 Å². The molecule has 0 nitrogen and oxygen atoms in total. The Balaban J connectivity index is 2.01. The number of hydrogen-bond acceptors (Lipinski definition) is 0. The van der Waals surface area contributed by atoms with Gasteiger partial charge in [0.1, 0.15) is 0 Å². The molecule has 0 amide bonds. The Labute approximate surface area is 76.7 Å². The summed E-state index contributed by atoms with van der Waals surface area (Å²) in [6.07, 6.45) is 9.15. The van der Waals surface area contributed by atoms with Crippen LogP contribution in [0.3, 0.4) is 0 Å². The molecule has 0 N–H and O–H groups in total. The zero-order valence-corrected chi connectivity index (χ0v) is 8.55. The molecular weight excluding hydrogens is 144 g/mol. The molecule has 2 saturated carbocycles. The van der Waals surface area contributed by atoms with Crippen molar-refractivity contribution in [3.63, 3.8) is 0 Å². The van der Waals surface area contributed by atoms with Crippen LogP contribution in [0.4, 0.5) is 0 Å². The molecule has 70 valence electrons. The molecule has 0 spiro atoms. The van der Waals surface area contributed by atoms with Gasteiger partial charge in [-0.1, -0.05) is 33.1 Å². The van der Waals surface area contributed by atoms with Gasteiger partial charge in [0, 0.05) is 0 Å². The van der Waals surface area contributed by atoms with Gasteiger partial charge in [0.15, 0.2) is 0 Å². The summed E-state index contributed by atoms with van der Waals surface area (Å²) < 4.78 is 0. The van der Waals surface area contributed by atoms with Crippen molar-refractivity contribution in [2.24, 2.45) is 23.7 Å². The summed E-state index contributed by atoms with van der Waals surface area (Å²) in [4.78, 5) is 0. The first-order chi connectivity index (χ1) is 5.77. The highest BCUT2D eigenvalue weighted by molar-refractivity contribution is 4.85. The van der Waals surface area contributed by atoms with E-state index in [1.165, 1.54) is 25.7 Å². The molecule has 0 aromatic carbocycles. The first-order valence-corrected chi connectivity index (χ1v) is 5.77. The molecule has 0 saturated heterocycles. The quantitative estimate of drug-likeness (QED) is 0.512. The largest absolute Gasteiger partial charge is 0.0625 e. The van der Waals surface area contributed by atoms with E-state index in [2.05, 4.69) is 13.8 Å². The summed E-state index contributed by atoms with van der Waals surface area (Å²) in [5, 5.41) is 0. The highest BCUT2D eigenvalue weighted by Crippen LogP contribution is 2.45. The zero-order chi connectivity index (χ0) is 8.55. The molecule has 4 atom stereocenters. The Morgan fingerprint density at radius 1 is 0.917 bits per heavy atom. The van der Waals surface area contributed by atoms with Crippen LogP contribution >= 0.6 is 0 Å². The van der Waals surface area contributed by atoms with Crippen LogP contribution in [0.5, 0.6) is 0 Å². The third-order valence-corrected chi connectivity index (χ3v) is 4.18. The van der Waals surface area contributed by atoms with Crippen LogP contribution in [0.2, 0.25) is 0 Å². The second-order valence-electron chi connectivity index (χ2n) is 5.26. The van der Waals surface area contributed by atoms with Crippen LogP contribution in [0.15, 0.2) is 0 Å². The Kier molecular flexibility index (Phi) is 2.43. The predicted octanol–water partition coefficient (Wildman–Crippen LogP) is 3.86. The standard InChI is InChI=1S/C12H22/c1-9-7-10(2)12-6-4-3-5-11(12)8-9/h9-12H,3-8H2,1-2H3. The molecule has 12 heavy (non-hydrogen) atoms. The molecule has 0 bridgehead atoms. The average molecular weight is 166 g/mol. The van der Waals surface area contributed by atoms with E-state index in [-0.39, 0.29) is 0 Å². The van der Waals surface area contributed by atoms with E-state index in [4.69, 9.17) is 0 Å². The van der Waals surface area contributed by atoms with Crippen molar-refractivity contribution < 1.29 is 0 Å². The smallest absolute Gasteiger partial charge is 0.0360 e. The van der Waals surface area contributed by atoms with Crippen LogP contribution in [-0.2, 0) is 0 Å². The Hall–Kier alpha value is 0. The molecule has 2 aliphatic carbocycles. The molecule has 2 fully saturated rings. The van der Waals surface area contributed by atoms with E-state index < -0.39 is 0 Å². The molecule has 0 radical (unpaired) electrons. The van der Waals surface area contributed by atoms with Crippen molar-refractivity contribution >= 4 is 0 Å². The second kappa shape index (κ2) is 3.40. The summed E-state index contributed by atoms with van der Waals surface area (Å²) >= 11 is 0. The molecule has 0 aromatic heterocycles. The van der Waals surface area contributed by atoms with Gasteiger partial charge in [-0.2, -0.15) is 0 Å². The molecule has 0 heteroatoms. The second-order valence-corrected chi connectivity index (χ2v) is 5.26. The van der Waals surface area contributed by atoms with Gasteiger partial charge < -0.3 is 0 Å². The van der Waals surface area contributed by atoms with E-state index in [9.17, 15) is 0 Å². The van der Waals surface area contributed by atoms with Crippen molar-refractivity contribution in [1.29, 1.82) is 0 Å². The minimum absolute atomic E-state index is 1.01. The number of hydrogen-bond donors (Lipinski definition) is 0. The van der Waals surface area contributed by atoms with Gasteiger partial charge in [-0.3, -0.25) is 0 Å². The fourth-order valence-electron chi connectivity index (χ4n) is 3.70. The molecule has 2 aliphatic rings. The fraction of sp³-hybridized carbons (Fsp3) is 1.00. The van der Waals surface area contributed by atoms with Crippen LogP contribution < -0.4 is 0 Å². The van der Waals surface area contributed by atoms with Gasteiger partial charge in [0.05, 0.1) is 0 Å². The maximum atomic E-state index is 2.48. The lowest BCUT2D eigenvalue weighted by atomic mass is 9.63. The van der Waals surface area contributed by atoms with Crippen LogP contribution in [-0.4, -0.2) is 0 Å². The number of fused-ring (bicyclic) bond motifs is 1. The lowest BCUT2D eigenvalue weighted by molar-refractivity contribution is 0.0827. The summed E-state index contributed by atoms with van der Waals surface area (Å²) in [5.74, 6) is 4.26. The summed E-state index contributed by atoms with van der Waals surface area (Å²) in [6, 6.07) is 0. The topological polar surface area (TPSA) is 0 Å². The average Bonchev–Trinajstić information content (AvgIpc) is 2.04. The molecule has 0 aromatic rings. The van der Waals surface area contributed by atoms with Crippen molar-refractivity contribution in [2.75, 3.05) is 0 Å². The van der Waals surface area contributed by atoms with Gasteiger partial charge in [-0.05, 0) is 42.9 Å². The lowest BCUT2D eigenvalue weighted by Gasteiger charge is -2.42. The van der Waals surface area contributed by atoms with Crippen LogP contribution in [0, 0.1) is 23.7 Å². The molecular formula is C12H22. The summed E-state index contributed by atoms with van der Waals surface area (Å²) in [7, 11) is 0. The van der Waals surface area contributed by atoms with Gasteiger partial charge in [-0.25, -0.2) is 0 Å². The fourth-order valence-corrected chi connectivity index (χ4v) is 3.70.